The summed E-state index contributed by atoms with van der Waals surface area (Å²) < 4.78 is 10.5. The van der Waals surface area contributed by atoms with Crippen molar-refractivity contribution in [3.8, 4) is 0 Å². The maximum atomic E-state index is 12.0. The van der Waals surface area contributed by atoms with E-state index in [0.29, 0.717) is 11.8 Å². The summed E-state index contributed by atoms with van der Waals surface area (Å²) in [4.78, 5) is 23.6. The lowest BCUT2D eigenvalue weighted by atomic mass is 9.94. The second kappa shape index (κ2) is 5.98. The first-order chi connectivity index (χ1) is 9.72. The van der Waals surface area contributed by atoms with Gasteiger partial charge in [0.2, 0.25) is 0 Å². The van der Waals surface area contributed by atoms with Gasteiger partial charge in [-0.15, -0.1) is 0 Å². The van der Waals surface area contributed by atoms with Crippen molar-refractivity contribution in [2.24, 2.45) is 17.8 Å². The van der Waals surface area contributed by atoms with Crippen molar-refractivity contribution in [2.45, 2.75) is 51.0 Å². The Kier molecular flexibility index (Phi) is 4.08. The first-order valence-electron chi connectivity index (χ1n) is 7.77. The molecule has 4 nitrogen and oxygen atoms in total. The molecule has 20 heavy (non-hydrogen) atoms. The highest BCUT2D eigenvalue weighted by Gasteiger charge is 2.40. The third kappa shape index (κ3) is 3.05. The van der Waals surface area contributed by atoms with Crippen LogP contribution in [0.2, 0.25) is 0 Å². The molecule has 4 heteroatoms. The molecule has 0 N–H and O–H groups in total. The topological polar surface area (TPSA) is 52.6 Å². The van der Waals surface area contributed by atoms with Gasteiger partial charge < -0.3 is 9.47 Å². The van der Waals surface area contributed by atoms with Crippen molar-refractivity contribution in [1.29, 1.82) is 0 Å². The fourth-order valence-corrected chi connectivity index (χ4v) is 3.69. The van der Waals surface area contributed by atoms with Crippen molar-refractivity contribution in [2.75, 3.05) is 6.61 Å². The van der Waals surface area contributed by atoms with Gasteiger partial charge in [-0.3, -0.25) is 4.79 Å². The van der Waals surface area contributed by atoms with E-state index in [4.69, 9.17) is 9.47 Å². The van der Waals surface area contributed by atoms with Gasteiger partial charge in [-0.05, 0) is 50.4 Å². The maximum absolute atomic E-state index is 12.0. The molecule has 3 atom stereocenters. The Morgan fingerprint density at radius 1 is 1.05 bits per heavy atom. The number of ether oxygens (including phenoxy) is 2. The second-order valence-electron chi connectivity index (χ2n) is 6.24. The normalized spacial score (nSPS) is 32.3. The summed E-state index contributed by atoms with van der Waals surface area (Å²) in [5, 5.41) is 0. The SMILES string of the molecule is O=C(COC(=O)C1CC2C=CC1C2)OC1CCCCC1. The molecule has 0 aromatic carbocycles. The average Bonchev–Trinajstić information content (AvgIpc) is 3.08. The molecule has 3 unspecified atom stereocenters. The summed E-state index contributed by atoms with van der Waals surface area (Å²) in [7, 11) is 0. The van der Waals surface area contributed by atoms with E-state index in [-0.39, 0.29) is 24.6 Å². The van der Waals surface area contributed by atoms with Gasteiger partial charge in [-0.2, -0.15) is 0 Å². The van der Waals surface area contributed by atoms with Crippen LogP contribution in [0.25, 0.3) is 0 Å². The maximum Gasteiger partial charge on any atom is 0.344 e. The van der Waals surface area contributed by atoms with Crippen molar-refractivity contribution < 1.29 is 19.1 Å². The highest BCUT2D eigenvalue weighted by atomic mass is 16.6. The number of rotatable bonds is 4. The number of carbonyl (C=O) groups excluding carboxylic acids is 2. The molecule has 110 valence electrons. The first-order valence-corrected chi connectivity index (χ1v) is 7.77. The Hall–Kier alpha value is -1.32. The van der Waals surface area contributed by atoms with E-state index < -0.39 is 5.97 Å². The van der Waals surface area contributed by atoms with Gasteiger partial charge in [0.05, 0.1) is 5.92 Å². The minimum Gasteiger partial charge on any atom is -0.460 e. The first kappa shape index (κ1) is 13.7. The minimum absolute atomic E-state index is 0.0281. The van der Waals surface area contributed by atoms with E-state index in [1.807, 2.05) is 0 Å². The largest absolute Gasteiger partial charge is 0.460 e. The molecule has 0 aromatic rings. The molecular formula is C16H22O4. The smallest absolute Gasteiger partial charge is 0.344 e. The zero-order valence-electron chi connectivity index (χ0n) is 11.8. The summed E-state index contributed by atoms with van der Waals surface area (Å²) in [5.41, 5.74) is 0. The van der Waals surface area contributed by atoms with Gasteiger partial charge in [0.15, 0.2) is 6.61 Å². The van der Waals surface area contributed by atoms with Crippen LogP contribution in [0.5, 0.6) is 0 Å². The molecule has 0 aromatic heterocycles. The zero-order valence-corrected chi connectivity index (χ0v) is 11.8. The summed E-state index contributed by atoms with van der Waals surface area (Å²) in [6.07, 6.45) is 11.6. The van der Waals surface area contributed by atoms with Gasteiger partial charge in [-0.25, -0.2) is 4.79 Å². The summed E-state index contributed by atoms with van der Waals surface area (Å²) in [5.74, 6) is 0.174. The summed E-state index contributed by atoms with van der Waals surface area (Å²) in [6, 6.07) is 0. The van der Waals surface area contributed by atoms with Crippen molar-refractivity contribution >= 4 is 11.9 Å². The van der Waals surface area contributed by atoms with Crippen LogP contribution in [-0.2, 0) is 19.1 Å². The molecule has 0 aliphatic heterocycles. The van der Waals surface area contributed by atoms with Crippen molar-refractivity contribution in [3.05, 3.63) is 12.2 Å². The number of allylic oxidation sites excluding steroid dienone is 2. The van der Waals surface area contributed by atoms with Crippen LogP contribution < -0.4 is 0 Å². The second-order valence-corrected chi connectivity index (χ2v) is 6.24. The molecule has 0 heterocycles. The van der Waals surface area contributed by atoms with E-state index in [2.05, 4.69) is 12.2 Å². The Labute approximate surface area is 119 Å². The third-order valence-electron chi connectivity index (χ3n) is 4.76. The van der Waals surface area contributed by atoms with Crippen LogP contribution in [-0.4, -0.2) is 24.6 Å². The van der Waals surface area contributed by atoms with Gasteiger partial charge in [-0.1, -0.05) is 18.6 Å². The van der Waals surface area contributed by atoms with E-state index in [9.17, 15) is 9.59 Å². The van der Waals surface area contributed by atoms with Crippen LogP contribution in [0, 0.1) is 17.8 Å². The molecule has 0 radical (unpaired) electrons. The number of esters is 2. The van der Waals surface area contributed by atoms with Crippen LogP contribution in [0.4, 0.5) is 0 Å². The molecule has 0 amide bonds. The predicted molar refractivity (Wildman–Crippen MR) is 72.8 cm³/mol. The van der Waals surface area contributed by atoms with E-state index >= 15 is 0 Å². The lowest BCUT2D eigenvalue weighted by molar-refractivity contribution is -0.165. The molecule has 2 fully saturated rings. The Morgan fingerprint density at radius 3 is 2.50 bits per heavy atom. The number of fused-ring (bicyclic) bond motifs is 2. The molecule has 0 spiro atoms. The van der Waals surface area contributed by atoms with Gasteiger partial charge >= 0.3 is 11.9 Å². The molecular weight excluding hydrogens is 256 g/mol. The quantitative estimate of drug-likeness (QED) is 0.586. The summed E-state index contributed by atoms with van der Waals surface area (Å²) >= 11 is 0. The van der Waals surface area contributed by atoms with Crippen molar-refractivity contribution in [1.82, 2.24) is 0 Å². The van der Waals surface area contributed by atoms with Crippen LogP contribution >= 0.6 is 0 Å². The van der Waals surface area contributed by atoms with Gasteiger partial charge in [0.1, 0.15) is 6.10 Å². The van der Waals surface area contributed by atoms with Crippen LogP contribution in [0.1, 0.15) is 44.9 Å². The predicted octanol–water partition coefficient (Wildman–Crippen LogP) is 2.62. The van der Waals surface area contributed by atoms with Crippen molar-refractivity contribution in [3.63, 3.8) is 0 Å². The Morgan fingerprint density at radius 2 is 1.85 bits per heavy atom. The monoisotopic (exact) mass is 278 g/mol. The molecule has 0 saturated heterocycles. The van der Waals surface area contributed by atoms with E-state index in [1.165, 1.54) is 6.42 Å². The summed E-state index contributed by atoms with van der Waals surface area (Å²) in [6.45, 7) is -0.229. The lowest BCUT2D eigenvalue weighted by Crippen LogP contribution is -2.27. The van der Waals surface area contributed by atoms with Gasteiger partial charge in [0.25, 0.3) is 0 Å². The lowest BCUT2D eigenvalue weighted by Gasteiger charge is -2.22. The molecule has 3 rings (SSSR count). The molecule has 3 aliphatic carbocycles. The highest BCUT2D eigenvalue weighted by molar-refractivity contribution is 5.78. The zero-order chi connectivity index (χ0) is 13.9. The van der Waals surface area contributed by atoms with Crippen LogP contribution in [0.15, 0.2) is 12.2 Å². The van der Waals surface area contributed by atoms with E-state index in [1.54, 1.807) is 0 Å². The average molecular weight is 278 g/mol. The standard InChI is InChI=1S/C16H22O4/c17-15(20-13-4-2-1-3-5-13)10-19-16(18)14-9-11-6-7-12(14)8-11/h6-7,11-14H,1-5,8-10H2. The number of carbonyl (C=O) groups is 2. The fraction of sp³-hybridized carbons (Fsp3) is 0.750. The number of hydrogen-bond acceptors (Lipinski definition) is 4. The Bertz CT molecular complexity index is 409. The molecule has 2 saturated carbocycles. The van der Waals surface area contributed by atoms with E-state index in [0.717, 1.165) is 38.5 Å². The molecule has 3 aliphatic rings. The van der Waals surface area contributed by atoms with Gasteiger partial charge in [0, 0.05) is 0 Å². The minimum atomic E-state index is -0.399. The Balaban J connectivity index is 1.39. The highest BCUT2D eigenvalue weighted by Crippen LogP contribution is 2.43. The molecule has 2 bridgehead atoms. The third-order valence-corrected chi connectivity index (χ3v) is 4.76. The number of hydrogen-bond donors (Lipinski definition) is 0. The van der Waals surface area contributed by atoms with Crippen LogP contribution in [0.3, 0.4) is 0 Å². The fourth-order valence-electron chi connectivity index (χ4n) is 3.69.